The maximum absolute atomic E-state index is 9.60. The lowest BCUT2D eigenvalue weighted by Crippen LogP contribution is -2.49. The minimum Gasteiger partial charge on any atom is -0.462 e. The van der Waals surface area contributed by atoms with Crippen LogP contribution >= 0.6 is 0 Å². The van der Waals surface area contributed by atoms with E-state index in [9.17, 15) is 4.79 Å². The third-order valence-electron chi connectivity index (χ3n) is 3.21. The molecule has 0 saturated carbocycles. The van der Waals surface area contributed by atoms with E-state index in [2.05, 4.69) is 26.9 Å². The van der Waals surface area contributed by atoms with E-state index in [1.54, 1.807) is 0 Å². The number of hydrogen-bond donors (Lipinski definition) is 2. The molecule has 6 heteroatoms. The maximum Gasteiger partial charge on any atom is 0.293 e. The molecule has 1 aliphatic heterocycles. The summed E-state index contributed by atoms with van der Waals surface area (Å²) in [7, 11) is 0. The third kappa shape index (κ3) is 6.30. The van der Waals surface area contributed by atoms with Gasteiger partial charge in [0.2, 0.25) is 0 Å². The number of hydrogen-bond acceptors (Lipinski definition) is 6. The Morgan fingerprint density at radius 3 is 2.59 bits per heavy atom. The highest BCUT2D eigenvalue weighted by Gasteiger charge is 2.16. The van der Waals surface area contributed by atoms with Crippen LogP contribution in [0.3, 0.4) is 0 Å². The zero-order chi connectivity index (χ0) is 16.8. The number of ether oxygens (including phenoxy) is 1. The summed E-state index contributed by atoms with van der Waals surface area (Å²) in [6.45, 7) is 13.1. The first-order chi connectivity index (χ1) is 10.2. The predicted octanol–water partition coefficient (Wildman–Crippen LogP) is 1.73. The van der Waals surface area contributed by atoms with Gasteiger partial charge in [0.15, 0.2) is 0 Å². The summed E-state index contributed by atoms with van der Waals surface area (Å²) >= 11 is 0. The molecule has 1 fully saturated rings. The van der Waals surface area contributed by atoms with Crippen LogP contribution < -0.4 is 16.0 Å². The Morgan fingerprint density at radius 1 is 1.45 bits per heavy atom. The Labute approximate surface area is 133 Å². The summed E-state index contributed by atoms with van der Waals surface area (Å²) in [5.41, 5.74) is 7.12. The van der Waals surface area contributed by atoms with Gasteiger partial charge in [-0.3, -0.25) is 4.79 Å². The van der Waals surface area contributed by atoms with Gasteiger partial charge in [0.25, 0.3) is 6.47 Å². The molecule has 0 amide bonds. The highest BCUT2D eigenvalue weighted by molar-refractivity contribution is 5.50. The van der Waals surface area contributed by atoms with Crippen molar-refractivity contribution >= 4 is 18.0 Å². The van der Waals surface area contributed by atoms with Crippen molar-refractivity contribution in [2.45, 2.75) is 46.3 Å². The predicted molar refractivity (Wildman–Crippen MR) is 90.0 cm³/mol. The number of nitrogens with two attached hydrogens (primary N) is 1. The van der Waals surface area contributed by atoms with Crippen molar-refractivity contribution in [2.75, 3.05) is 30.3 Å². The van der Waals surface area contributed by atoms with Crippen molar-refractivity contribution in [2.24, 2.45) is 0 Å². The van der Waals surface area contributed by atoms with Gasteiger partial charge < -0.3 is 20.7 Å². The second-order valence-electron chi connectivity index (χ2n) is 6.47. The Morgan fingerprint density at radius 2 is 2.14 bits per heavy atom. The molecule has 0 aromatic carbocycles. The van der Waals surface area contributed by atoms with Crippen molar-refractivity contribution in [1.82, 2.24) is 10.3 Å². The monoisotopic (exact) mass is 308 g/mol. The summed E-state index contributed by atoms with van der Waals surface area (Å²) in [6.07, 6.45) is 0. The van der Waals surface area contributed by atoms with Gasteiger partial charge in [0, 0.05) is 25.7 Å². The van der Waals surface area contributed by atoms with Gasteiger partial charge in [0.05, 0.1) is 11.4 Å². The summed E-state index contributed by atoms with van der Waals surface area (Å²) in [5.74, 6) is 1.04. The molecule has 1 aromatic heterocycles. The van der Waals surface area contributed by atoms with Crippen LogP contribution in [0.5, 0.6) is 0 Å². The highest BCUT2D eigenvalue weighted by atomic mass is 16.5. The average molecular weight is 308 g/mol. The largest absolute Gasteiger partial charge is 0.462 e. The summed E-state index contributed by atoms with van der Waals surface area (Å²) in [6, 6.07) is 4.46. The van der Waals surface area contributed by atoms with Crippen LogP contribution in [0.4, 0.5) is 11.5 Å². The number of carbonyl (C=O) groups excluding carboxylic acids is 1. The normalized spacial score (nSPS) is 18.2. The number of pyridine rings is 1. The van der Waals surface area contributed by atoms with Crippen LogP contribution in [0.25, 0.3) is 0 Å². The van der Waals surface area contributed by atoms with E-state index in [0.717, 1.165) is 36.8 Å². The fourth-order valence-corrected chi connectivity index (χ4v) is 2.02. The summed E-state index contributed by atoms with van der Waals surface area (Å²) in [5, 5.41) is 3.41. The topological polar surface area (TPSA) is 80.5 Å². The molecule has 0 radical (unpaired) electrons. The van der Waals surface area contributed by atoms with E-state index in [-0.39, 0.29) is 5.60 Å². The Hall–Kier alpha value is -1.82. The fourth-order valence-electron chi connectivity index (χ4n) is 2.02. The number of nitrogens with zero attached hydrogens (tertiary/aromatic N) is 2. The van der Waals surface area contributed by atoms with Gasteiger partial charge in [-0.2, -0.15) is 0 Å². The highest BCUT2D eigenvalue weighted by Crippen LogP contribution is 2.17. The minimum absolute atomic E-state index is 0.318. The zero-order valence-electron chi connectivity index (χ0n) is 14.2. The molecular formula is C16H28N4O2. The second kappa shape index (κ2) is 7.98. The van der Waals surface area contributed by atoms with Crippen LogP contribution in [0, 0.1) is 6.92 Å². The lowest BCUT2D eigenvalue weighted by Gasteiger charge is -2.32. The average Bonchev–Trinajstić information content (AvgIpc) is 2.41. The number of aromatic nitrogens is 1. The number of piperazine rings is 1. The molecule has 2 rings (SSSR count). The number of rotatable bonds is 2. The maximum atomic E-state index is 9.60. The third-order valence-corrected chi connectivity index (χ3v) is 3.21. The minimum atomic E-state index is -0.318. The zero-order valence-corrected chi connectivity index (χ0v) is 14.2. The molecule has 1 atom stereocenters. The van der Waals surface area contributed by atoms with Crippen LogP contribution in [-0.4, -0.2) is 42.7 Å². The van der Waals surface area contributed by atoms with Crippen molar-refractivity contribution in [1.29, 1.82) is 0 Å². The van der Waals surface area contributed by atoms with Gasteiger partial charge >= 0.3 is 0 Å². The van der Waals surface area contributed by atoms with Crippen molar-refractivity contribution in [3.05, 3.63) is 17.8 Å². The molecule has 1 aromatic rings. The van der Waals surface area contributed by atoms with Crippen molar-refractivity contribution in [3.63, 3.8) is 0 Å². The lowest BCUT2D eigenvalue weighted by atomic mass is 10.2. The van der Waals surface area contributed by atoms with Gasteiger partial charge in [-0.1, -0.05) is 0 Å². The summed E-state index contributed by atoms with van der Waals surface area (Å²) < 4.78 is 4.55. The number of nitrogens with one attached hydrogen (secondary N) is 1. The quantitative estimate of drug-likeness (QED) is 0.810. The van der Waals surface area contributed by atoms with Crippen molar-refractivity contribution < 1.29 is 9.53 Å². The number of anilines is 2. The van der Waals surface area contributed by atoms with E-state index < -0.39 is 0 Å². The molecule has 1 saturated heterocycles. The number of nitrogen functional groups attached to an aromatic ring is 1. The Bertz CT molecular complexity index is 486. The first kappa shape index (κ1) is 18.2. The lowest BCUT2D eigenvalue weighted by molar-refractivity contribution is -0.138. The molecule has 0 aliphatic carbocycles. The molecule has 124 valence electrons. The van der Waals surface area contributed by atoms with Gasteiger partial charge in [-0.05, 0) is 46.8 Å². The smallest absolute Gasteiger partial charge is 0.293 e. The molecule has 6 nitrogen and oxygen atoms in total. The van der Waals surface area contributed by atoms with Gasteiger partial charge in [-0.15, -0.1) is 0 Å². The molecule has 1 aliphatic rings. The van der Waals surface area contributed by atoms with Crippen LogP contribution in [0.1, 0.15) is 33.4 Å². The van der Waals surface area contributed by atoms with E-state index in [1.165, 1.54) is 0 Å². The molecular weight excluding hydrogens is 280 g/mol. The summed E-state index contributed by atoms with van der Waals surface area (Å²) in [4.78, 5) is 16.4. The van der Waals surface area contributed by atoms with E-state index in [4.69, 9.17) is 5.73 Å². The van der Waals surface area contributed by atoms with Crippen molar-refractivity contribution in [3.8, 4) is 0 Å². The molecule has 0 unspecified atom stereocenters. The van der Waals surface area contributed by atoms with Crippen LogP contribution in [0.15, 0.2) is 12.1 Å². The molecule has 2 heterocycles. The van der Waals surface area contributed by atoms with Gasteiger partial charge in [-0.25, -0.2) is 4.98 Å². The molecule has 0 spiro atoms. The SMILES string of the molecule is CC(C)(C)OC=O.Cc1nc(N2CCN[C@@H](C)C2)ccc1N. The molecule has 3 N–H and O–H groups in total. The first-order valence-electron chi connectivity index (χ1n) is 7.56. The number of aryl methyl sites for hydroxylation is 1. The first-order valence-corrected chi connectivity index (χ1v) is 7.56. The van der Waals surface area contributed by atoms with Gasteiger partial charge in [0.1, 0.15) is 11.4 Å². The Balaban J connectivity index is 0.000000295. The molecule has 0 bridgehead atoms. The van der Waals surface area contributed by atoms with E-state index in [0.29, 0.717) is 12.5 Å². The number of carbonyl (C=O) groups is 1. The van der Waals surface area contributed by atoms with E-state index in [1.807, 2.05) is 39.8 Å². The van der Waals surface area contributed by atoms with Crippen LogP contribution in [0.2, 0.25) is 0 Å². The molecule has 22 heavy (non-hydrogen) atoms. The fraction of sp³-hybridized carbons (Fsp3) is 0.625. The second-order valence-corrected chi connectivity index (χ2v) is 6.47. The standard InChI is InChI=1S/C11H18N4.C5H10O2/c1-8-7-15(6-5-13-8)11-4-3-10(12)9(2)14-11;1-5(2,3)7-4-6/h3-4,8,13H,5-7,12H2,1-2H3;4H,1-3H3/t8-;/m0./s1. The Kier molecular flexibility index (Phi) is 6.61. The van der Waals surface area contributed by atoms with Crippen LogP contribution in [-0.2, 0) is 9.53 Å². The van der Waals surface area contributed by atoms with E-state index >= 15 is 0 Å².